The summed E-state index contributed by atoms with van der Waals surface area (Å²) in [4.78, 5) is 4.39. The van der Waals surface area contributed by atoms with Crippen molar-refractivity contribution >= 4 is 20.9 Å². The Labute approximate surface area is 118 Å². The molecule has 108 valence electrons. The van der Waals surface area contributed by atoms with E-state index in [1.165, 1.54) is 0 Å². The minimum atomic E-state index is -3.56. The van der Waals surface area contributed by atoms with Crippen molar-refractivity contribution in [1.29, 1.82) is 0 Å². The maximum atomic E-state index is 12.3. The molecule has 0 radical (unpaired) electrons. The molecule has 6 heteroatoms. The molecule has 1 unspecified atom stereocenters. The monoisotopic (exact) mass is 294 g/mol. The zero-order valence-electron chi connectivity index (χ0n) is 11.3. The molecule has 0 aliphatic rings. The van der Waals surface area contributed by atoms with Crippen molar-refractivity contribution in [3.05, 3.63) is 36.5 Å². The van der Waals surface area contributed by atoms with Crippen LogP contribution in [0.3, 0.4) is 0 Å². The number of benzene rings is 1. The number of nitrogens with zero attached hydrogens (tertiary/aromatic N) is 1. The highest BCUT2D eigenvalue weighted by atomic mass is 32.2. The van der Waals surface area contributed by atoms with Gasteiger partial charge in [-0.25, -0.2) is 13.1 Å². The van der Waals surface area contributed by atoms with Crippen molar-refractivity contribution in [3.8, 4) is 0 Å². The standard InChI is InChI=1S/C14H18N2O3S/c1-11(17)5-3-10-16-20(18,19)14-8-2-7-13-12(14)6-4-9-15-13/h2,4,6-9,11,16-17H,3,5,10H2,1H3. The fourth-order valence-corrected chi connectivity index (χ4v) is 3.28. The largest absolute Gasteiger partial charge is 0.393 e. The van der Waals surface area contributed by atoms with Crippen molar-refractivity contribution in [2.45, 2.75) is 30.8 Å². The lowest BCUT2D eigenvalue weighted by atomic mass is 10.2. The number of hydrogen-bond donors (Lipinski definition) is 2. The van der Waals surface area contributed by atoms with Crippen LogP contribution >= 0.6 is 0 Å². The van der Waals surface area contributed by atoms with Crippen LogP contribution in [0, 0.1) is 0 Å². The van der Waals surface area contributed by atoms with E-state index in [0.29, 0.717) is 30.3 Å². The second-order valence-corrected chi connectivity index (χ2v) is 6.45. The second-order valence-electron chi connectivity index (χ2n) is 4.72. The van der Waals surface area contributed by atoms with Crippen LogP contribution in [-0.2, 0) is 10.0 Å². The summed E-state index contributed by atoms with van der Waals surface area (Å²) in [5.41, 5.74) is 0.652. The lowest BCUT2D eigenvalue weighted by molar-refractivity contribution is 0.182. The molecule has 1 aromatic carbocycles. The fraction of sp³-hybridized carbons (Fsp3) is 0.357. The smallest absolute Gasteiger partial charge is 0.241 e. The lowest BCUT2D eigenvalue weighted by Crippen LogP contribution is -2.25. The second kappa shape index (κ2) is 6.30. The number of rotatable bonds is 6. The van der Waals surface area contributed by atoms with Gasteiger partial charge >= 0.3 is 0 Å². The van der Waals surface area contributed by atoms with Gasteiger partial charge in [-0.2, -0.15) is 0 Å². The number of aliphatic hydroxyl groups is 1. The predicted octanol–water partition coefficient (Wildman–Crippen LogP) is 1.67. The first-order valence-corrected chi connectivity index (χ1v) is 8.00. The molecule has 0 spiro atoms. The number of aromatic nitrogens is 1. The highest BCUT2D eigenvalue weighted by Gasteiger charge is 2.16. The fourth-order valence-electron chi connectivity index (χ4n) is 1.99. The van der Waals surface area contributed by atoms with E-state index < -0.39 is 16.1 Å². The molecule has 5 nitrogen and oxygen atoms in total. The number of pyridine rings is 1. The third-order valence-electron chi connectivity index (χ3n) is 2.99. The quantitative estimate of drug-likeness (QED) is 0.794. The van der Waals surface area contributed by atoms with Crippen molar-refractivity contribution in [2.75, 3.05) is 6.54 Å². The Morgan fingerprint density at radius 1 is 1.30 bits per heavy atom. The molecule has 0 amide bonds. The molecule has 0 saturated carbocycles. The molecule has 1 aromatic heterocycles. The number of fused-ring (bicyclic) bond motifs is 1. The van der Waals surface area contributed by atoms with Gasteiger partial charge in [-0.15, -0.1) is 0 Å². The van der Waals surface area contributed by atoms with Crippen molar-refractivity contribution in [3.63, 3.8) is 0 Å². The summed E-state index contributed by atoms with van der Waals surface area (Å²) in [6.45, 7) is 1.99. The molecule has 2 aromatic rings. The number of sulfonamides is 1. The van der Waals surface area contributed by atoms with E-state index in [0.717, 1.165) is 0 Å². The lowest BCUT2D eigenvalue weighted by Gasteiger charge is -2.09. The van der Waals surface area contributed by atoms with E-state index in [9.17, 15) is 8.42 Å². The van der Waals surface area contributed by atoms with Gasteiger partial charge in [0.05, 0.1) is 16.5 Å². The molecular formula is C14H18N2O3S. The van der Waals surface area contributed by atoms with Crippen LogP contribution in [0.5, 0.6) is 0 Å². The summed E-state index contributed by atoms with van der Waals surface area (Å²) in [7, 11) is -3.56. The number of hydrogen-bond acceptors (Lipinski definition) is 4. The van der Waals surface area contributed by atoms with Crippen LogP contribution in [0.4, 0.5) is 0 Å². The van der Waals surface area contributed by atoms with Crippen LogP contribution < -0.4 is 4.72 Å². The Hall–Kier alpha value is -1.50. The summed E-state index contributed by atoms with van der Waals surface area (Å²) >= 11 is 0. The highest BCUT2D eigenvalue weighted by Crippen LogP contribution is 2.20. The summed E-state index contributed by atoms with van der Waals surface area (Å²) in [5, 5.41) is 9.76. The zero-order chi connectivity index (χ0) is 14.6. The van der Waals surface area contributed by atoms with Crippen molar-refractivity contribution in [2.24, 2.45) is 0 Å². The van der Waals surface area contributed by atoms with Crippen LogP contribution in [-0.4, -0.2) is 31.2 Å². The van der Waals surface area contributed by atoms with Gasteiger partial charge in [-0.05, 0) is 44.0 Å². The third kappa shape index (κ3) is 3.53. The van der Waals surface area contributed by atoms with Gasteiger partial charge in [-0.3, -0.25) is 4.98 Å². The van der Waals surface area contributed by atoms with Gasteiger partial charge in [0.25, 0.3) is 0 Å². The SMILES string of the molecule is CC(O)CCCNS(=O)(=O)c1cccc2ncccc12. The average molecular weight is 294 g/mol. The Bertz CT molecular complexity index is 678. The van der Waals surface area contributed by atoms with E-state index in [2.05, 4.69) is 9.71 Å². The Morgan fingerprint density at radius 2 is 2.10 bits per heavy atom. The normalized spacial score (nSPS) is 13.5. The summed E-state index contributed by atoms with van der Waals surface area (Å²) in [6.07, 6.45) is 2.38. The molecule has 0 aliphatic carbocycles. The van der Waals surface area contributed by atoms with Gasteiger partial charge in [0.2, 0.25) is 10.0 Å². The first-order valence-electron chi connectivity index (χ1n) is 6.52. The maximum Gasteiger partial charge on any atom is 0.241 e. The first kappa shape index (κ1) is 14.9. The average Bonchev–Trinajstić information content (AvgIpc) is 2.43. The van der Waals surface area contributed by atoms with Crippen LogP contribution in [0.25, 0.3) is 10.9 Å². The van der Waals surface area contributed by atoms with Crippen molar-refractivity contribution < 1.29 is 13.5 Å². The molecule has 2 N–H and O–H groups in total. The molecule has 1 heterocycles. The van der Waals surface area contributed by atoms with Gasteiger partial charge < -0.3 is 5.11 Å². The molecule has 20 heavy (non-hydrogen) atoms. The molecular weight excluding hydrogens is 276 g/mol. The molecule has 0 aliphatic heterocycles. The van der Waals surface area contributed by atoms with Gasteiger partial charge in [0.15, 0.2) is 0 Å². The van der Waals surface area contributed by atoms with E-state index in [4.69, 9.17) is 5.11 Å². The molecule has 0 saturated heterocycles. The predicted molar refractivity (Wildman–Crippen MR) is 77.8 cm³/mol. The minimum absolute atomic E-state index is 0.236. The Morgan fingerprint density at radius 3 is 2.85 bits per heavy atom. The minimum Gasteiger partial charge on any atom is -0.393 e. The molecule has 2 rings (SSSR count). The van der Waals surface area contributed by atoms with Crippen LogP contribution in [0.15, 0.2) is 41.4 Å². The van der Waals surface area contributed by atoms with Crippen molar-refractivity contribution in [1.82, 2.24) is 9.71 Å². The summed E-state index contributed by atoms with van der Waals surface area (Å²) in [6, 6.07) is 8.49. The molecule has 1 atom stereocenters. The number of aliphatic hydroxyl groups excluding tert-OH is 1. The first-order chi connectivity index (χ1) is 9.50. The summed E-state index contributed by atoms with van der Waals surface area (Å²) < 4.78 is 27.1. The molecule has 0 fully saturated rings. The highest BCUT2D eigenvalue weighted by molar-refractivity contribution is 7.89. The van der Waals surface area contributed by atoms with Gasteiger partial charge in [-0.1, -0.05) is 6.07 Å². The van der Waals surface area contributed by atoms with E-state index >= 15 is 0 Å². The van der Waals surface area contributed by atoms with Crippen LogP contribution in [0.1, 0.15) is 19.8 Å². The van der Waals surface area contributed by atoms with E-state index in [1.807, 2.05) is 0 Å². The topological polar surface area (TPSA) is 79.3 Å². The zero-order valence-corrected chi connectivity index (χ0v) is 12.1. The number of nitrogens with one attached hydrogen (secondary N) is 1. The van der Waals surface area contributed by atoms with Gasteiger partial charge in [0, 0.05) is 18.1 Å². The maximum absolute atomic E-state index is 12.3. The summed E-state index contributed by atoms with van der Waals surface area (Å²) in [5.74, 6) is 0. The Balaban J connectivity index is 2.19. The molecule has 0 bridgehead atoms. The Kier molecular flexibility index (Phi) is 4.69. The van der Waals surface area contributed by atoms with E-state index in [1.54, 1.807) is 43.5 Å². The van der Waals surface area contributed by atoms with E-state index in [-0.39, 0.29) is 4.90 Å². The third-order valence-corrected chi connectivity index (χ3v) is 4.51. The van der Waals surface area contributed by atoms with Crippen LogP contribution in [0.2, 0.25) is 0 Å². The van der Waals surface area contributed by atoms with Gasteiger partial charge in [0.1, 0.15) is 0 Å².